The summed E-state index contributed by atoms with van der Waals surface area (Å²) in [6.45, 7) is 1.38. The first-order valence-corrected chi connectivity index (χ1v) is 3.02. The SMILES string of the molecule is Br.CC(=O)Oc1ccccc1. The van der Waals surface area contributed by atoms with Gasteiger partial charge in [0.15, 0.2) is 0 Å². The third-order valence-electron chi connectivity index (χ3n) is 1.00. The van der Waals surface area contributed by atoms with Crippen LogP contribution in [0.25, 0.3) is 0 Å². The summed E-state index contributed by atoms with van der Waals surface area (Å²) in [5, 5.41) is 0. The molecule has 1 aromatic carbocycles. The number of carbonyl (C=O) groups excluding carboxylic acids is 1. The molecule has 2 nitrogen and oxygen atoms in total. The van der Waals surface area contributed by atoms with E-state index in [1.807, 2.05) is 18.2 Å². The van der Waals surface area contributed by atoms with Crippen LogP contribution in [-0.4, -0.2) is 5.97 Å². The van der Waals surface area contributed by atoms with Crippen molar-refractivity contribution in [3.63, 3.8) is 0 Å². The Morgan fingerprint density at radius 1 is 1.27 bits per heavy atom. The average molecular weight is 217 g/mol. The second-order valence-electron chi connectivity index (χ2n) is 1.91. The summed E-state index contributed by atoms with van der Waals surface area (Å²) >= 11 is 0. The van der Waals surface area contributed by atoms with Crippen LogP contribution >= 0.6 is 17.0 Å². The van der Waals surface area contributed by atoms with Crippen molar-refractivity contribution in [2.75, 3.05) is 0 Å². The van der Waals surface area contributed by atoms with E-state index in [-0.39, 0.29) is 23.0 Å². The first-order chi connectivity index (χ1) is 4.79. The third-order valence-corrected chi connectivity index (χ3v) is 1.00. The van der Waals surface area contributed by atoms with Gasteiger partial charge in [-0.1, -0.05) is 18.2 Å². The lowest BCUT2D eigenvalue weighted by atomic mass is 10.3. The molecule has 0 amide bonds. The molecule has 0 saturated carbocycles. The minimum atomic E-state index is -0.286. The summed E-state index contributed by atoms with van der Waals surface area (Å²) in [6.07, 6.45) is 0. The number of esters is 1. The highest BCUT2D eigenvalue weighted by Gasteiger charge is 1.92. The first-order valence-electron chi connectivity index (χ1n) is 3.02. The molecule has 0 aromatic heterocycles. The van der Waals surface area contributed by atoms with Crippen LogP contribution in [0.2, 0.25) is 0 Å². The van der Waals surface area contributed by atoms with Gasteiger partial charge in [-0.2, -0.15) is 0 Å². The van der Waals surface area contributed by atoms with Crippen molar-refractivity contribution in [1.29, 1.82) is 0 Å². The quantitative estimate of drug-likeness (QED) is 0.532. The second kappa shape index (κ2) is 4.91. The van der Waals surface area contributed by atoms with Gasteiger partial charge >= 0.3 is 5.97 Å². The summed E-state index contributed by atoms with van der Waals surface area (Å²) in [4.78, 5) is 10.4. The van der Waals surface area contributed by atoms with Crippen LogP contribution < -0.4 is 4.74 Å². The zero-order chi connectivity index (χ0) is 7.40. The van der Waals surface area contributed by atoms with Crippen molar-refractivity contribution in [3.8, 4) is 5.75 Å². The molecule has 0 aliphatic carbocycles. The summed E-state index contributed by atoms with van der Waals surface area (Å²) in [6, 6.07) is 8.98. The lowest BCUT2D eigenvalue weighted by Gasteiger charge is -1.97. The molecule has 0 bridgehead atoms. The van der Waals surface area contributed by atoms with Crippen LogP contribution in [-0.2, 0) is 4.79 Å². The molecule has 0 aliphatic heterocycles. The highest BCUT2D eigenvalue weighted by molar-refractivity contribution is 8.93. The van der Waals surface area contributed by atoms with Gasteiger partial charge in [0.2, 0.25) is 0 Å². The van der Waals surface area contributed by atoms with Gasteiger partial charge < -0.3 is 4.74 Å². The van der Waals surface area contributed by atoms with Gasteiger partial charge in [-0.15, -0.1) is 17.0 Å². The molecule has 0 unspecified atom stereocenters. The largest absolute Gasteiger partial charge is 0.427 e. The fraction of sp³-hybridized carbons (Fsp3) is 0.125. The minimum absolute atomic E-state index is 0. The Kier molecular flexibility index (Phi) is 4.54. The minimum Gasteiger partial charge on any atom is -0.427 e. The van der Waals surface area contributed by atoms with E-state index in [2.05, 4.69) is 0 Å². The van der Waals surface area contributed by atoms with E-state index in [4.69, 9.17) is 4.74 Å². The van der Waals surface area contributed by atoms with Gasteiger partial charge in [0.05, 0.1) is 0 Å². The molecule has 0 fully saturated rings. The molecule has 1 aromatic rings. The summed E-state index contributed by atoms with van der Waals surface area (Å²) in [5.74, 6) is 0.307. The van der Waals surface area contributed by atoms with Gasteiger partial charge in [0, 0.05) is 6.92 Å². The molecular formula is C8H9BrO2. The molecule has 0 heterocycles. The average Bonchev–Trinajstić information content (AvgIpc) is 1.88. The van der Waals surface area contributed by atoms with E-state index >= 15 is 0 Å². The predicted octanol–water partition coefficient (Wildman–Crippen LogP) is 2.19. The monoisotopic (exact) mass is 216 g/mol. The smallest absolute Gasteiger partial charge is 0.308 e. The summed E-state index contributed by atoms with van der Waals surface area (Å²) < 4.78 is 4.78. The Morgan fingerprint density at radius 3 is 2.27 bits per heavy atom. The Hall–Kier alpha value is -0.830. The van der Waals surface area contributed by atoms with Gasteiger partial charge in [0.25, 0.3) is 0 Å². The standard InChI is InChI=1S/C8H8O2.BrH/c1-7(9)10-8-5-3-2-4-6-8;/h2-6H,1H3;1H. The Bertz CT molecular complexity index is 221. The molecule has 0 spiro atoms. The van der Waals surface area contributed by atoms with Gasteiger partial charge in [-0.05, 0) is 12.1 Å². The maximum atomic E-state index is 10.4. The third kappa shape index (κ3) is 3.78. The van der Waals surface area contributed by atoms with Crippen LogP contribution in [0, 0.1) is 0 Å². The van der Waals surface area contributed by atoms with Crippen molar-refractivity contribution in [2.24, 2.45) is 0 Å². The lowest BCUT2D eigenvalue weighted by Crippen LogP contribution is -2.00. The number of carbonyl (C=O) groups is 1. The number of rotatable bonds is 1. The molecule has 0 saturated heterocycles. The molecule has 1 rings (SSSR count). The van der Waals surface area contributed by atoms with Crippen LogP contribution in [0.4, 0.5) is 0 Å². The number of halogens is 1. The summed E-state index contributed by atoms with van der Waals surface area (Å²) in [5.41, 5.74) is 0. The highest BCUT2D eigenvalue weighted by Crippen LogP contribution is 2.07. The van der Waals surface area contributed by atoms with Gasteiger partial charge in [0.1, 0.15) is 5.75 Å². The van der Waals surface area contributed by atoms with Crippen LogP contribution in [0.3, 0.4) is 0 Å². The van der Waals surface area contributed by atoms with E-state index in [1.54, 1.807) is 12.1 Å². The van der Waals surface area contributed by atoms with Crippen molar-refractivity contribution in [1.82, 2.24) is 0 Å². The van der Waals surface area contributed by atoms with E-state index in [0.29, 0.717) is 5.75 Å². The van der Waals surface area contributed by atoms with Crippen molar-refractivity contribution < 1.29 is 9.53 Å². The van der Waals surface area contributed by atoms with Crippen LogP contribution in [0.1, 0.15) is 6.92 Å². The maximum absolute atomic E-state index is 10.4. The Morgan fingerprint density at radius 2 is 1.82 bits per heavy atom. The van der Waals surface area contributed by atoms with Gasteiger partial charge in [-0.25, -0.2) is 0 Å². The lowest BCUT2D eigenvalue weighted by molar-refractivity contribution is -0.131. The van der Waals surface area contributed by atoms with Gasteiger partial charge in [-0.3, -0.25) is 4.79 Å². The van der Waals surface area contributed by atoms with E-state index in [1.165, 1.54) is 6.92 Å². The van der Waals surface area contributed by atoms with Crippen LogP contribution in [0.15, 0.2) is 30.3 Å². The molecule has 0 N–H and O–H groups in total. The van der Waals surface area contributed by atoms with E-state index in [0.717, 1.165) is 0 Å². The number of benzene rings is 1. The summed E-state index contributed by atoms with van der Waals surface area (Å²) in [7, 11) is 0. The van der Waals surface area contributed by atoms with Crippen LogP contribution in [0.5, 0.6) is 5.75 Å². The fourth-order valence-corrected chi connectivity index (χ4v) is 0.655. The molecule has 60 valence electrons. The molecule has 11 heavy (non-hydrogen) atoms. The van der Waals surface area contributed by atoms with Crippen molar-refractivity contribution >= 4 is 23.0 Å². The number of para-hydroxylation sites is 1. The topological polar surface area (TPSA) is 26.3 Å². The highest BCUT2D eigenvalue weighted by atomic mass is 79.9. The second-order valence-corrected chi connectivity index (χ2v) is 1.91. The van der Waals surface area contributed by atoms with E-state index < -0.39 is 0 Å². The van der Waals surface area contributed by atoms with E-state index in [9.17, 15) is 4.79 Å². The fourth-order valence-electron chi connectivity index (χ4n) is 0.655. The zero-order valence-corrected chi connectivity index (χ0v) is 7.82. The molecular weight excluding hydrogens is 208 g/mol. The molecule has 3 heteroatoms. The van der Waals surface area contributed by atoms with Crippen molar-refractivity contribution in [3.05, 3.63) is 30.3 Å². The molecule has 0 radical (unpaired) electrons. The number of hydrogen-bond acceptors (Lipinski definition) is 2. The Labute approximate surface area is 75.9 Å². The molecule has 0 aliphatic rings. The predicted molar refractivity (Wildman–Crippen MR) is 48.1 cm³/mol. The maximum Gasteiger partial charge on any atom is 0.308 e. The number of hydrogen-bond donors (Lipinski definition) is 0. The molecule has 0 atom stereocenters. The zero-order valence-electron chi connectivity index (χ0n) is 6.11. The normalized spacial score (nSPS) is 8.09. The van der Waals surface area contributed by atoms with Crippen molar-refractivity contribution in [2.45, 2.75) is 6.92 Å². The Balaban J connectivity index is 0.000001000. The number of ether oxygens (including phenoxy) is 1. The first kappa shape index (κ1) is 10.2.